The Bertz CT molecular complexity index is 939. The Kier molecular flexibility index (Phi) is 4.76. The normalized spacial score (nSPS) is 10.3. The number of aromatic nitrogens is 2. The van der Waals surface area contributed by atoms with Gasteiger partial charge in [-0.3, -0.25) is 4.79 Å². The first kappa shape index (κ1) is 16.7. The van der Waals surface area contributed by atoms with E-state index in [1.54, 1.807) is 42.5 Å². The Morgan fingerprint density at radius 2 is 1.92 bits per heavy atom. The number of ether oxygens (including phenoxy) is 1. The van der Waals surface area contributed by atoms with E-state index in [9.17, 15) is 9.59 Å². The molecule has 3 rings (SSSR count). The zero-order chi connectivity index (χ0) is 17.8. The van der Waals surface area contributed by atoms with Gasteiger partial charge in [0.1, 0.15) is 0 Å². The third-order valence-corrected chi connectivity index (χ3v) is 3.47. The zero-order valence-corrected chi connectivity index (χ0v) is 13.8. The molecule has 0 unspecified atom stereocenters. The van der Waals surface area contributed by atoms with Crippen molar-refractivity contribution in [2.45, 2.75) is 0 Å². The van der Waals surface area contributed by atoms with Gasteiger partial charge >= 0.3 is 17.8 Å². The Hall–Kier alpha value is -3.19. The van der Waals surface area contributed by atoms with Crippen LogP contribution >= 0.6 is 11.6 Å². The third-order valence-electron chi connectivity index (χ3n) is 3.23. The van der Waals surface area contributed by atoms with Crippen LogP contribution in [0.1, 0.15) is 21.0 Å². The van der Waals surface area contributed by atoms with Crippen molar-refractivity contribution in [3.8, 4) is 11.5 Å². The molecule has 2 aromatic carbocycles. The van der Waals surface area contributed by atoms with E-state index in [2.05, 4.69) is 20.3 Å². The predicted molar refractivity (Wildman–Crippen MR) is 90.5 cm³/mol. The van der Waals surface area contributed by atoms with Crippen LogP contribution in [0.3, 0.4) is 0 Å². The fourth-order valence-electron chi connectivity index (χ4n) is 2.08. The molecule has 1 amide bonds. The van der Waals surface area contributed by atoms with Crippen molar-refractivity contribution in [3.05, 3.63) is 65.0 Å². The smallest absolute Gasteiger partial charge is 0.337 e. The van der Waals surface area contributed by atoms with E-state index in [0.717, 1.165) is 0 Å². The summed E-state index contributed by atoms with van der Waals surface area (Å²) in [6.07, 6.45) is 0. The molecule has 3 aromatic rings. The largest absolute Gasteiger partial charge is 0.465 e. The van der Waals surface area contributed by atoms with Gasteiger partial charge in [-0.15, -0.1) is 10.2 Å². The van der Waals surface area contributed by atoms with Gasteiger partial charge in [-0.1, -0.05) is 23.7 Å². The quantitative estimate of drug-likeness (QED) is 0.719. The number of carbonyl (C=O) groups is 2. The van der Waals surface area contributed by atoms with Crippen LogP contribution in [-0.2, 0) is 4.74 Å². The Balaban J connectivity index is 1.77. The maximum atomic E-state index is 12.2. The summed E-state index contributed by atoms with van der Waals surface area (Å²) >= 11 is 5.92. The molecule has 1 aromatic heterocycles. The molecule has 7 nitrogen and oxygen atoms in total. The first-order valence-corrected chi connectivity index (χ1v) is 7.54. The SMILES string of the molecule is COC(=O)c1cccc(NC(=O)c2nnc(-c3cccc(Cl)c3)o2)c1. The molecule has 0 atom stereocenters. The van der Waals surface area contributed by atoms with Crippen molar-refractivity contribution in [1.82, 2.24) is 10.2 Å². The second kappa shape index (κ2) is 7.14. The number of hydrogen-bond acceptors (Lipinski definition) is 6. The average molecular weight is 358 g/mol. The predicted octanol–water partition coefficient (Wildman–Crippen LogP) is 3.43. The summed E-state index contributed by atoms with van der Waals surface area (Å²) in [5.41, 5.74) is 1.31. The summed E-state index contributed by atoms with van der Waals surface area (Å²) in [6.45, 7) is 0. The van der Waals surface area contributed by atoms with E-state index in [1.165, 1.54) is 13.2 Å². The summed E-state index contributed by atoms with van der Waals surface area (Å²) in [5, 5.41) is 10.7. The van der Waals surface area contributed by atoms with Crippen molar-refractivity contribution in [2.75, 3.05) is 12.4 Å². The molecule has 1 heterocycles. The first-order chi connectivity index (χ1) is 12.1. The van der Waals surface area contributed by atoms with E-state index >= 15 is 0 Å². The highest BCUT2D eigenvalue weighted by atomic mass is 35.5. The minimum atomic E-state index is -0.595. The molecule has 0 aliphatic rings. The Labute approximate surface area is 147 Å². The second-order valence-electron chi connectivity index (χ2n) is 4.95. The molecule has 25 heavy (non-hydrogen) atoms. The minimum Gasteiger partial charge on any atom is -0.465 e. The van der Waals surface area contributed by atoms with Crippen molar-refractivity contribution in [3.63, 3.8) is 0 Å². The van der Waals surface area contributed by atoms with Gasteiger partial charge in [-0.2, -0.15) is 0 Å². The highest BCUT2D eigenvalue weighted by Crippen LogP contribution is 2.22. The molecule has 8 heteroatoms. The van der Waals surface area contributed by atoms with Gasteiger partial charge in [0.15, 0.2) is 0 Å². The van der Waals surface area contributed by atoms with Crippen molar-refractivity contribution in [1.29, 1.82) is 0 Å². The molecule has 0 bridgehead atoms. The fourth-order valence-corrected chi connectivity index (χ4v) is 2.27. The first-order valence-electron chi connectivity index (χ1n) is 7.16. The van der Waals surface area contributed by atoms with Gasteiger partial charge in [0.25, 0.3) is 0 Å². The molecule has 1 N–H and O–H groups in total. The lowest BCUT2D eigenvalue weighted by Crippen LogP contribution is -2.13. The van der Waals surface area contributed by atoms with Crippen molar-refractivity contribution in [2.24, 2.45) is 0 Å². The maximum Gasteiger partial charge on any atom is 0.337 e. The van der Waals surface area contributed by atoms with Crippen LogP contribution in [0.25, 0.3) is 11.5 Å². The van der Waals surface area contributed by atoms with Gasteiger partial charge in [-0.25, -0.2) is 4.79 Å². The number of rotatable bonds is 4. The molecule has 0 fully saturated rings. The number of amides is 1. The van der Waals surface area contributed by atoms with Gasteiger partial charge in [0.2, 0.25) is 5.89 Å². The van der Waals surface area contributed by atoms with Crippen LogP contribution in [0, 0.1) is 0 Å². The van der Waals surface area contributed by atoms with E-state index in [4.69, 9.17) is 16.0 Å². The summed E-state index contributed by atoms with van der Waals surface area (Å²) in [6, 6.07) is 13.1. The van der Waals surface area contributed by atoms with E-state index in [0.29, 0.717) is 21.8 Å². The maximum absolute atomic E-state index is 12.2. The monoisotopic (exact) mass is 357 g/mol. The van der Waals surface area contributed by atoms with E-state index < -0.39 is 11.9 Å². The number of nitrogens with one attached hydrogen (secondary N) is 1. The van der Waals surface area contributed by atoms with Gasteiger partial charge < -0.3 is 14.5 Å². The minimum absolute atomic E-state index is 0.177. The summed E-state index contributed by atoms with van der Waals surface area (Å²) in [4.78, 5) is 23.7. The van der Waals surface area contributed by atoms with Crippen LogP contribution in [0.15, 0.2) is 52.9 Å². The summed E-state index contributed by atoms with van der Waals surface area (Å²) in [7, 11) is 1.28. The summed E-state index contributed by atoms with van der Waals surface area (Å²) < 4.78 is 10.0. The highest BCUT2D eigenvalue weighted by Gasteiger charge is 2.17. The highest BCUT2D eigenvalue weighted by molar-refractivity contribution is 6.30. The average Bonchev–Trinajstić information content (AvgIpc) is 3.11. The number of anilines is 1. The van der Waals surface area contributed by atoms with Crippen LogP contribution < -0.4 is 5.32 Å². The topological polar surface area (TPSA) is 94.3 Å². The number of esters is 1. The molecule has 0 radical (unpaired) electrons. The summed E-state index contributed by atoms with van der Waals surface area (Å²) in [5.74, 6) is -1.13. The van der Waals surface area contributed by atoms with E-state index in [1.807, 2.05) is 0 Å². The van der Waals surface area contributed by atoms with Gasteiger partial charge in [0.05, 0.1) is 12.7 Å². The fraction of sp³-hybridized carbons (Fsp3) is 0.0588. The van der Waals surface area contributed by atoms with Crippen LogP contribution in [-0.4, -0.2) is 29.2 Å². The van der Waals surface area contributed by atoms with Crippen LogP contribution in [0.2, 0.25) is 5.02 Å². The molecular formula is C17H12ClN3O4. The van der Waals surface area contributed by atoms with Crippen molar-refractivity contribution >= 4 is 29.2 Å². The molecule has 0 spiro atoms. The number of halogens is 1. The molecule has 0 saturated heterocycles. The van der Waals surface area contributed by atoms with Crippen LogP contribution in [0.4, 0.5) is 5.69 Å². The lowest BCUT2D eigenvalue weighted by atomic mass is 10.2. The van der Waals surface area contributed by atoms with Crippen molar-refractivity contribution < 1.29 is 18.7 Å². The number of methoxy groups -OCH3 is 1. The number of benzene rings is 2. The molecule has 0 aliphatic heterocycles. The van der Waals surface area contributed by atoms with Gasteiger partial charge in [-0.05, 0) is 36.4 Å². The number of hydrogen-bond donors (Lipinski definition) is 1. The Morgan fingerprint density at radius 1 is 1.12 bits per heavy atom. The van der Waals surface area contributed by atoms with Crippen LogP contribution in [0.5, 0.6) is 0 Å². The second-order valence-corrected chi connectivity index (χ2v) is 5.39. The number of nitrogens with zero attached hydrogens (tertiary/aromatic N) is 2. The molecule has 0 saturated carbocycles. The molecule has 126 valence electrons. The lowest BCUT2D eigenvalue weighted by Gasteiger charge is -2.04. The molecule has 0 aliphatic carbocycles. The van der Waals surface area contributed by atoms with E-state index in [-0.39, 0.29) is 11.8 Å². The Morgan fingerprint density at radius 3 is 2.68 bits per heavy atom. The van der Waals surface area contributed by atoms with Gasteiger partial charge in [0, 0.05) is 16.3 Å². The zero-order valence-electron chi connectivity index (χ0n) is 13.0. The molecular weight excluding hydrogens is 346 g/mol. The lowest BCUT2D eigenvalue weighted by molar-refractivity contribution is 0.0600. The number of carbonyl (C=O) groups excluding carboxylic acids is 2. The third kappa shape index (κ3) is 3.84. The standard InChI is InChI=1S/C17H12ClN3O4/c1-24-17(23)11-5-3-7-13(9-11)19-14(22)16-21-20-15(25-16)10-4-2-6-12(18)8-10/h2-9H,1H3,(H,19,22).